The van der Waals surface area contributed by atoms with E-state index in [0.717, 1.165) is 60.9 Å². The van der Waals surface area contributed by atoms with Crippen LogP contribution in [0.25, 0.3) is 43.8 Å². The number of carbonyl (C=O) groups is 1. The highest BCUT2D eigenvalue weighted by Gasteiger charge is 2.23. The van der Waals surface area contributed by atoms with Crippen LogP contribution in [0.3, 0.4) is 0 Å². The van der Waals surface area contributed by atoms with Crippen LogP contribution in [0, 0.1) is 0 Å². The van der Waals surface area contributed by atoms with Gasteiger partial charge < -0.3 is 19.2 Å². The van der Waals surface area contributed by atoms with Gasteiger partial charge in [0.25, 0.3) is 0 Å². The zero-order valence-electron chi connectivity index (χ0n) is 22.4. The predicted octanol–water partition coefficient (Wildman–Crippen LogP) is 8.31. The van der Waals surface area contributed by atoms with Gasteiger partial charge in [-0.3, -0.25) is 4.57 Å². The molecule has 2 heterocycles. The van der Waals surface area contributed by atoms with Crippen LogP contribution in [-0.2, 0) is 11.3 Å². The van der Waals surface area contributed by atoms with Crippen LogP contribution < -0.4 is 9.47 Å². The first-order valence-corrected chi connectivity index (χ1v) is 13.0. The molecule has 0 bridgehead atoms. The van der Waals surface area contributed by atoms with E-state index >= 15 is 0 Å². The van der Waals surface area contributed by atoms with Gasteiger partial charge in [0.15, 0.2) is 0 Å². The number of nitrogens with one attached hydrogen (secondary N) is 1. The van der Waals surface area contributed by atoms with Gasteiger partial charge in [0.1, 0.15) is 23.7 Å². The fraction of sp³-hybridized carbons (Fsp3) is 0.182. The van der Waals surface area contributed by atoms with E-state index in [1.807, 2.05) is 81.4 Å². The number of nitrogens with zero attached hydrogens (tertiary/aromatic N) is 1. The number of ether oxygens (including phenoxy) is 3. The summed E-state index contributed by atoms with van der Waals surface area (Å²) in [5, 5.41) is 3.02. The van der Waals surface area contributed by atoms with E-state index < -0.39 is 11.7 Å². The highest BCUT2D eigenvalue weighted by molar-refractivity contribution is 6.24. The second kappa shape index (κ2) is 9.55. The maximum Gasteiger partial charge on any atom is 0.419 e. The van der Waals surface area contributed by atoms with Gasteiger partial charge in [0, 0.05) is 33.4 Å². The minimum atomic E-state index is -0.621. The molecular formula is C33H30N2O4. The Balaban J connectivity index is 1.56. The monoisotopic (exact) mass is 518 g/mol. The third kappa shape index (κ3) is 4.59. The number of carbonyl (C=O) groups excluding carboxylic acids is 1. The molecule has 0 amide bonds. The molecule has 0 aliphatic heterocycles. The minimum Gasteiger partial charge on any atom is -0.497 e. The molecule has 6 nitrogen and oxygen atoms in total. The van der Waals surface area contributed by atoms with Crippen molar-refractivity contribution in [3.63, 3.8) is 0 Å². The summed E-state index contributed by atoms with van der Waals surface area (Å²) in [6, 6.07) is 28.1. The number of H-pyrrole nitrogens is 1. The predicted molar refractivity (Wildman–Crippen MR) is 156 cm³/mol. The Labute approximate surface area is 226 Å². The molecule has 0 radical (unpaired) electrons. The number of aromatic amines is 1. The first kappa shape index (κ1) is 24.6. The second-order valence-electron chi connectivity index (χ2n) is 10.6. The highest BCUT2D eigenvalue weighted by Crippen LogP contribution is 2.41. The van der Waals surface area contributed by atoms with Crippen molar-refractivity contribution in [3.8, 4) is 22.6 Å². The van der Waals surface area contributed by atoms with E-state index in [1.54, 1.807) is 17.9 Å². The third-order valence-electron chi connectivity index (χ3n) is 6.75. The van der Waals surface area contributed by atoms with E-state index in [0.29, 0.717) is 6.61 Å². The number of hydrogen-bond acceptors (Lipinski definition) is 4. The lowest BCUT2D eigenvalue weighted by atomic mass is 9.99. The number of para-hydroxylation sites is 1. The lowest BCUT2D eigenvalue weighted by Crippen LogP contribution is -2.26. The molecule has 0 fully saturated rings. The molecular weight excluding hydrogens is 488 g/mol. The maximum atomic E-state index is 13.3. The molecule has 6 heteroatoms. The Hall–Kier alpha value is -4.71. The summed E-state index contributed by atoms with van der Waals surface area (Å²) in [4.78, 5) is 16.9. The van der Waals surface area contributed by atoms with E-state index in [1.165, 1.54) is 0 Å². The van der Waals surface area contributed by atoms with Gasteiger partial charge in [-0.05, 0) is 62.2 Å². The van der Waals surface area contributed by atoms with Crippen molar-refractivity contribution in [1.29, 1.82) is 0 Å². The van der Waals surface area contributed by atoms with Gasteiger partial charge in [-0.25, -0.2) is 4.79 Å². The fourth-order valence-electron chi connectivity index (χ4n) is 5.04. The minimum absolute atomic E-state index is 0.418. The van der Waals surface area contributed by atoms with Crippen LogP contribution in [0.15, 0.2) is 91.1 Å². The molecule has 6 rings (SSSR count). The smallest absolute Gasteiger partial charge is 0.419 e. The Morgan fingerprint density at radius 2 is 1.67 bits per heavy atom. The van der Waals surface area contributed by atoms with Crippen LogP contribution >= 0.6 is 0 Å². The molecule has 0 saturated heterocycles. The zero-order valence-corrected chi connectivity index (χ0v) is 22.4. The molecule has 0 atom stereocenters. The SMILES string of the molecule is COc1ccc(-c2cc3[nH]c4c(OCc5ccccc5)cccc4c3c3ccn(C(=O)OC(C)(C)C)c23)cc1. The van der Waals surface area contributed by atoms with E-state index in [2.05, 4.69) is 29.2 Å². The number of methoxy groups -OCH3 is 1. The van der Waals surface area contributed by atoms with Gasteiger partial charge in [-0.2, -0.15) is 0 Å². The average Bonchev–Trinajstić information content (AvgIpc) is 3.53. The van der Waals surface area contributed by atoms with Gasteiger partial charge in [0.2, 0.25) is 0 Å². The van der Waals surface area contributed by atoms with Crippen LogP contribution in [0.4, 0.5) is 4.79 Å². The Kier molecular flexibility index (Phi) is 6.03. The number of fused-ring (bicyclic) bond motifs is 5. The molecule has 39 heavy (non-hydrogen) atoms. The summed E-state index contributed by atoms with van der Waals surface area (Å²) < 4.78 is 19.0. The van der Waals surface area contributed by atoms with E-state index in [-0.39, 0.29) is 0 Å². The van der Waals surface area contributed by atoms with Crippen LogP contribution in [-0.4, -0.2) is 28.4 Å². The summed E-state index contributed by atoms with van der Waals surface area (Å²) in [5.74, 6) is 1.54. The van der Waals surface area contributed by atoms with Crippen molar-refractivity contribution in [3.05, 3.63) is 96.7 Å². The summed E-state index contributed by atoms with van der Waals surface area (Å²) in [7, 11) is 1.65. The van der Waals surface area contributed by atoms with Gasteiger partial charge in [-0.1, -0.05) is 54.6 Å². The molecule has 0 saturated carbocycles. The zero-order chi connectivity index (χ0) is 27.1. The van der Waals surface area contributed by atoms with Crippen molar-refractivity contribution in [2.24, 2.45) is 0 Å². The molecule has 196 valence electrons. The normalized spacial score (nSPS) is 11.8. The largest absolute Gasteiger partial charge is 0.497 e. The number of benzene rings is 4. The Bertz CT molecular complexity index is 1810. The molecule has 4 aromatic carbocycles. The first-order valence-electron chi connectivity index (χ1n) is 13.0. The Morgan fingerprint density at radius 3 is 2.38 bits per heavy atom. The molecule has 2 aromatic heterocycles. The van der Waals surface area contributed by atoms with Crippen molar-refractivity contribution < 1.29 is 19.0 Å². The standard InChI is InChI=1S/C33H30N2O4/c1-33(2,3)39-32(36)35-18-17-25-29-24-11-8-12-28(38-20-21-9-6-5-7-10-21)30(24)34-27(29)19-26(31(25)35)22-13-15-23(37-4)16-14-22/h5-19,34H,20H2,1-4H3. The molecule has 0 aliphatic rings. The molecule has 6 aromatic rings. The number of aromatic nitrogens is 2. The van der Waals surface area contributed by atoms with E-state index in [4.69, 9.17) is 14.2 Å². The third-order valence-corrected chi connectivity index (χ3v) is 6.75. The first-order chi connectivity index (χ1) is 18.8. The second-order valence-corrected chi connectivity index (χ2v) is 10.6. The molecule has 1 N–H and O–H groups in total. The quantitative estimate of drug-likeness (QED) is 0.249. The van der Waals surface area contributed by atoms with Crippen LogP contribution in [0.1, 0.15) is 26.3 Å². The molecule has 0 spiro atoms. The summed E-state index contributed by atoms with van der Waals surface area (Å²) in [6.07, 6.45) is 1.37. The van der Waals surface area contributed by atoms with Crippen molar-refractivity contribution >= 4 is 38.8 Å². The van der Waals surface area contributed by atoms with Crippen molar-refractivity contribution in [1.82, 2.24) is 9.55 Å². The molecule has 0 unspecified atom stereocenters. The van der Waals surface area contributed by atoms with Gasteiger partial charge in [-0.15, -0.1) is 0 Å². The lowest BCUT2D eigenvalue weighted by molar-refractivity contribution is 0.0544. The maximum absolute atomic E-state index is 13.3. The molecule has 0 aliphatic carbocycles. The van der Waals surface area contributed by atoms with E-state index in [9.17, 15) is 4.79 Å². The van der Waals surface area contributed by atoms with Gasteiger partial charge >= 0.3 is 6.09 Å². The number of hydrogen-bond donors (Lipinski definition) is 1. The highest BCUT2D eigenvalue weighted by atomic mass is 16.6. The summed E-state index contributed by atoms with van der Waals surface area (Å²) in [5.41, 5.74) is 5.02. The van der Waals surface area contributed by atoms with Gasteiger partial charge in [0.05, 0.1) is 18.1 Å². The van der Waals surface area contributed by atoms with Crippen molar-refractivity contribution in [2.75, 3.05) is 7.11 Å². The topological polar surface area (TPSA) is 65.5 Å². The van der Waals surface area contributed by atoms with Crippen LogP contribution in [0.5, 0.6) is 11.5 Å². The number of rotatable bonds is 5. The summed E-state index contributed by atoms with van der Waals surface area (Å²) in [6.45, 7) is 6.08. The van der Waals surface area contributed by atoms with Crippen LogP contribution in [0.2, 0.25) is 0 Å². The Morgan fingerprint density at radius 1 is 0.897 bits per heavy atom. The average molecular weight is 519 g/mol. The van der Waals surface area contributed by atoms with Crippen molar-refractivity contribution in [2.45, 2.75) is 33.0 Å². The lowest BCUT2D eigenvalue weighted by Gasteiger charge is -2.20. The fourth-order valence-corrected chi connectivity index (χ4v) is 5.04. The summed E-state index contributed by atoms with van der Waals surface area (Å²) >= 11 is 0.